The van der Waals surface area contributed by atoms with E-state index in [9.17, 15) is 0 Å². The highest BCUT2D eigenvalue weighted by molar-refractivity contribution is 14.0. The van der Waals surface area contributed by atoms with Gasteiger partial charge in [-0.05, 0) is 25.5 Å². The molecule has 0 radical (unpaired) electrons. The highest BCUT2D eigenvalue weighted by atomic mass is 127. The minimum Gasteiger partial charge on any atom is -0.352 e. The molecule has 0 spiro atoms. The number of rotatable bonds is 4. The van der Waals surface area contributed by atoms with Crippen LogP contribution < -0.4 is 10.6 Å². The highest BCUT2D eigenvalue weighted by Crippen LogP contribution is 2.15. The number of nitrogens with one attached hydrogen (secondary N) is 2. The molecule has 3 aromatic rings. The van der Waals surface area contributed by atoms with Crippen LogP contribution in [0.2, 0.25) is 0 Å². The fourth-order valence-electron chi connectivity index (χ4n) is 2.96. The predicted molar refractivity (Wildman–Crippen MR) is 117 cm³/mol. The number of nitrogens with zero attached hydrogens (tertiary/aromatic N) is 4. The minimum absolute atomic E-state index is 0. The van der Waals surface area contributed by atoms with E-state index in [1.807, 2.05) is 30.9 Å². The number of aryl methyl sites for hydroxylation is 2. The van der Waals surface area contributed by atoms with Crippen molar-refractivity contribution in [3.63, 3.8) is 0 Å². The zero-order chi connectivity index (χ0) is 17.8. The van der Waals surface area contributed by atoms with Gasteiger partial charge in [-0.2, -0.15) is 5.10 Å². The largest absolute Gasteiger partial charge is 0.352 e. The van der Waals surface area contributed by atoms with E-state index in [1.165, 1.54) is 11.3 Å². The van der Waals surface area contributed by atoms with Gasteiger partial charge in [-0.3, -0.25) is 14.7 Å². The maximum Gasteiger partial charge on any atom is 0.191 e. The second kappa shape index (κ2) is 8.98. The summed E-state index contributed by atoms with van der Waals surface area (Å²) in [6.45, 7) is 5.47. The Morgan fingerprint density at radius 2 is 1.85 bits per heavy atom. The van der Waals surface area contributed by atoms with E-state index in [2.05, 4.69) is 56.9 Å². The number of halogens is 1. The van der Waals surface area contributed by atoms with E-state index in [1.54, 1.807) is 7.05 Å². The first-order valence-electron chi connectivity index (χ1n) is 8.36. The molecule has 2 N–H and O–H groups in total. The quantitative estimate of drug-likeness (QED) is 0.354. The zero-order valence-corrected chi connectivity index (χ0v) is 17.9. The molecular formula is C19H25IN6. The summed E-state index contributed by atoms with van der Waals surface area (Å²) in [4.78, 5) is 8.80. The number of fused-ring (bicyclic) bond motifs is 1. The van der Waals surface area contributed by atoms with Crippen molar-refractivity contribution in [3.8, 4) is 0 Å². The average molecular weight is 464 g/mol. The molecule has 0 atom stereocenters. The van der Waals surface area contributed by atoms with Crippen LogP contribution in [0, 0.1) is 13.8 Å². The Morgan fingerprint density at radius 3 is 2.54 bits per heavy atom. The third kappa shape index (κ3) is 4.32. The molecular weight excluding hydrogens is 439 g/mol. The van der Waals surface area contributed by atoms with Crippen molar-refractivity contribution >= 4 is 40.8 Å². The number of hydrogen-bond acceptors (Lipinski definition) is 3. The highest BCUT2D eigenvalue weighted by Gasteiger charge is 2.10. The van der Waals surface area contributed by atoms with Gasteiger partial charge in [0, 0.05) is 50.0 Å². The standard InChI is InChI=1S/C19H24N6.HI/c1-13-17(14(2)25(4)24-13)12-23-19(20-3)22-11-16-8-5-7-15-9-6-10-21-18(15)16;/h5-10H,11-12H2,1-4H3,(H2,20,22,23);1H. The van der Waals surface area contributed by atoms with Crippen LogP contribution in [0.3, 0.4) is 0 Å². The zero-order valence-electron chi connectivity index (χ0n) is 15.6. The minimum atomic E-state index is 0. The first kappa shape index (κ1) is 20.2. The van der Waals surface area contributed by atoms with Crippen LogP contribution in [0.4, 0.5) is 0 Å². The number of pyridine rings is 1. The van der Waals surface area contributed by atoms with E-state index >= 15 is 0 Å². The van der Waals surface area contributed by atoms with Crippen LogP contribution in [0.1, 0.15) is 22.5 Å². The van der Waals surface area contributed by atoms with Crippen LogP contribution in [0.25, 0.3) is 10.9 Å². The van der Waals surface area contributed by atoms with Crippen molar-refractivity contribution in [2.24, 2.45) is 12.0 Å². The van der Waals surface area contributed by atoms with Crippen molar-refractivity contribution in [1.82, 2.24) is 25.4 Å². The normalized spacial score (nSPS) is 11.3. The lowest BCUT2D eigenvalue weighted by atomic mass is 10.1. The van der Waals surface area contributed by atoms with Crippen LogP contribution in [0.15, 0.2) is 41.5 Å². The van der Waals surface area contributed by atoms with Gasteiger partial charge in [-0.15, -0.1) is 24.0 Å². The number of aliphatic imine (C=N–C) groups is 1. The summed E-state index contributed by atoms with van der Waals surface area (Å²) < 4.78 is 1.91. The number of benzene rings is 1. The Bertz CT molecular complexity index is 910. The topological polar surface area (TPSA) is 67.1 Å². The van der Waals surface area contributed by atoms with Gasteiger partial charge in [-0.25, -0.2) is 0 Å². The Balaban J connectivity index is 0.00000243. The molecule has 0 aliphatic rings. The first-order valence-corrected chi connectivity index (χ1v) is 8.36. The van der Waals surface area contributed by atoms with Gasteiger partial charge in [-0.1, -0.05) is 24.3 Å². The van der Waals surface area contributed by atoms with E-state index < -0.39 is 0 Å². The molecule has 0 saturated heterocycles. The molecule has 2 heterocycles. The number of para-hydroxylation sites is 1. The van der Waals surface area contributed by atoms with Gasteiger partial charge in [0.05, 0.1) is 11.2 Å². The van der Waals surface area contributed by atoms with Crippen molar-refractivity contribution in [2.45, 2.75) is 26.9 Å². The monoisotopic (exact) mass is 464 g/mol. The summed E-state index contributed by atoms with van der Waals surface area (Å²) >= 11 is 0. The Labute approximate surface area is 171 Å². The molecule has 6 nitrogen and oxygen atoms in total. The van der Waals surface area contributed by atoms with Gasteiger partial charge in [0.2, 0.25) is 0 Å². The maximum absolute atomic E-state index is 4.49. The van der Waals surface area contributed by atoms with Crippen molar-refractivity contribution in [2.75, 3.05) is 7.05 Å². The molecule has 0 aliphatic carbocycles. The molecule has 7 heteroatoms. The van der Waals surface area contributed by atoms with Crippen LogP contribution in [-0.4, -0.2) is 27.8 Å². The second-order valence-corrected chi connectivity index (χ2v) is 6.04. The molecule has 2 aromatic heterocycles. The molecule has 1 aromatic carbocycles. The molecule has 0 saturated carbocycles. The predicted octanol–water partition coefficient (Wildman–Crippen LogP) is 3.07. The fourth-order valence-corrected chi connectivity index (χ4v) is 2.96. The molecule has 3 rings (SSSR count). The summed E-state index contributed by atoms with van der Waals surface area (Å²) in [6.07, 6.45) is 1.83. The smallest absolute Gasteiger partial charge is 0.191 e. The summed E-state index contributed by atoms with van der Waals surface area (Å²) in [6, 6.07) is 10.3. The lowest BCUT2D eigenvalue weighted by Crippen LogP contribution is -2.36. The summed E-state index contributed by atoms with van der Waals surface area (Å²) in [5.74, 6) is 0.760. The van der Waals surface area contributed by atoms with Gasteiger partial charge >= 0.3 is 0 Å². The fraction of sp³-hybridized carbons (Fsp3) is 0.316. The van der Waals surface area contributed by atoms with Gasteiger partial charge < -0.3 is 10.6 Å². The number of guanidine groups is 1. The van der Waals surface area contributed by atoms with Crippen molar-refractivity contribution < 1.29 is 0 Å². The SMILES string of the molecule is CN=C(NCc1c(C)nn(C)c1C)NCc1cccc2cccnc12.I. The Hall–Kier alpha value is -2.16. The van der Waals surface area contributed by atoms with Crippen molar-refractivity contribution in [3.05, 3.63) is 59.0 Å². The molecule has 0 fully saturated rings. The second-order valence-electron chi connectivity index (χ2n) is 6.04. The van der Waals surface area contributed by atoms with E-state index in [-0.39, 0.29) is 24.0 Å². The molecule has 0 unspecified atom stereocenters. The van der Waals surface area contributed by atoms with Crippen LogP contribution in [-0.2, 0) is 20.1 Å². The molecule has 26 heavy (non-hydrogen) atoms. The number of aromatic nitrogens is 3. The third-order valence-electron chi connectivity index (χ3n) is 4.48. The van der Waals surface area contributed by atoms with Crippen molar-refractivity contribution in [1.29, 1.82) is 0 Å². The van der Waals surface area contributed by atoms with Crippen LogP contribution in [0.5, 0.6) is 0 Å². The lowest BCUT2D eigenvalue weighted by molar-refractivity contribution is 0.728. The molecule has 138 valence electrons. The Kier molecular flexibility index (Phi) is 6.96. The van der Waals surface area contributed by atoms with E-state index in [0.717, 1.165) is 28.1 Å². The van der Waals surface area contributed by atoms with Gasteiger partial charge in [0.15, 0.2) is 5.96 Å². The summed E-state index contributed by atoms with van der Waals surface area (Å²) in [7, 11) is 3.74. The third-order valence-corrected chi connectivity index (χ3v) is 4.48. The number of hydrogen-bond donors (Lipinski definition) is 2. The average Bonchev–Trinajstić information content (AvgIpc) is 2.87. The van der Waals surface area contributed by atoms with Gasteiger partial charge in [0.1, 0.15) is 0 Å². The van der Waals surface area contributed by atoms with Crippen LogP contribution >= 0.6 is 24.0 Å². The van der Waals surface area contributed by atoms with Gasteiger partial charge in [0.25, 0.3) is 0 Å². The maximum atomic E-state index is 4.49. The summed E-state index contributed by atoms with van der Waals surface area (Å²) in [5.41, 5.74) is 5.58. The molecule has 0 bridgehead atoms. The molecule has 0 aliphatic heterocycles. The van der Waals surface area contributed by atoms with E-state index in [4.69, 9.17) is 0 Å². The van der Waals surface area contributed by atoms with E-state index in [0.29, 0.717) is 13.1 Å². The summed E-state index contributed by atoms with van der Waals surface area (Å²) in [5, 5.41) is 12.3. The molecule has 0 amide bonds. The Morgan fingerprint density at radius 1 is 1.12 bits per heavy atom. The first-order chi connectivity index (χ1) is 12.1. The lowest BCUT2D eigenvalue weighted by Gasteiger charge is -2.13.